The van der Waals surface area contributed by atoms with Gasteiger partial charge < -0.3 is 10.3 Å². The SMILES string of the molecule is COC(=O)C(=[N+]=[N-])c1ccncc1. The van der Waals surface area contributed by atoms with Crippen LogP contribution in [-0.4, -0.2) is 28.6 Å². The fourth-order valence-electron chi connectivity index (χ4n) is 0.823. The van der Waals surface area contributed by atoms with Gasteiger partial charge >= 0.3 is 11.7 Å². The summed E-state index contributed by atoms with van der Waals surface area (Å²) >= 11 is 0. The van der Waals surface area contributed by atoms with Gasteiger partial charge in [-0.05, 0) is 12.1 Å². The third-order valence-electron chi connectivity index (χ3n) is 1.43. The van der Waals surface area contributed by atoms with Crippen molar-refractivity contribution in [3.63, 3.8) is 0 Å². The molecule has 13 heavy (non-hydrogen) atoms. The number of aromatic nitrogens is 1. The number of carbonyl (C=O) groups excluding carboxylic acids is 1. The number of rotatable bonds is 2. The van der Waals surface area contributed by atoms with Crippen LogP contribution < -0.4 is 0 Å². The van der Waals surface area contributed by atoms with Crippen molar-refractivity contribution in [2.45, 2.75) is 0 Å². The fourth-order valence-corrected chi connectivity index (χ4v) is 0.823. The Hall–Kier alpha value is -2.00. The van der Waals surface area contributed by atoms with Gasteiger partial charge in [0.15, 0.2) is 0 Å². The van der Waals surface area contributed by atoms with Crippen molar-refractivity contribution in [3.8, 4) is 0 Å². The zero-order valence-corrected chi connectivity index (χ0v) is 6.97. The highest BCUT2D eigenvalue weighted by Crippen LogP contribution is 1.98. The summed E-state index contributed by atoms with van der Waals surface area (Å²) in [4.78, 5) is 17.6. The van der Waals surface area contributed by atoms with Crippen LogP contribution in [0.3, 0.4) is 0 Å². The Morgan fingerprint density at radius 3 is 2.62 bits per heavy atom. The van der Waals surface area contributed by atoms with Crippen molar-refractivity contribution in [2.24, 2.45) is 0 Å². The molecule has 1 aromatic rings. The van der Waals surface area contributed by atoms with E-state index in [4.69, 9.17) is 5.53 Å². The minimum atomic E-state index is -0.686. The Bertz CT molecular complexity index is 355. The average molecular weight is 177 g/mol. The molecule has 5 heteroatoms. The molecule has 0 atom stereocenters. The molecule has 0 spiro atoms. The van der Waals surface area contributed by atoms with Crippen molar-refractivity contribution in [1.29, 1.82) is 0 Å². The van der Waals surface area contributed by atoms with Crippen LogP contribution in [0.5, 0.6) is 0 Å². The first-order valence-electron chi connectivity index (χ1n) is 3.50. The molecule has 1 rings (SSSR count). The lowest BCUT2D eigenvalue weighted by Crippen LogP contribution is -2.18. The normalized spacial score (nSPS) is 8.69. The maximum atomic E-state index is 11.0. The van der Waals surface area contributed by atoms with Crippen molar-refractivity contribution in [3.05, 3.63) is 35.6 Å². The average Bonchev–Trinajstić information content (AvgIpc) is 2.20. The number of pyridine rings is 1. The van der Waals surface area contributed by atoms with Gasteiger partial charge in [-0.2, -0.15) is 4.79 Å². The number of ether oxygens (including phenoxy) is 1. The molecule has 0 N–H and O–H groups in total. The monoisotopic (exact) mass is 177 g/mol. The van der Waals surface area contributed by atoms with Crippen LogP contribution in [0.1, 0.15) is 5.56 Å². The van der Waals surface area contributed by atoms with E-state index in [0.717, 1.165) is 0 Å². The van der Waals surface area contributed by atoms with Gasteiger partial charge in [-0.3, -0.25) is 4.98 Å². The van der Waals surface area contributed by atoms with Crippen molar-refractivity contribution < 1.29 is 14.3 Å². The van der Waals surface area contributed by atoms with Gasteiger partial charge in [-0.1, -0.05) is 0 Å². The van der Waals surface area contributed by atoms with Crippen LogP contribution in [0.15, 0.2) is 24.5 Å². The Balaban J connectivity index is 3.07. The van der Waals surface area contributed by atoms with Crippen LogP contribution in [-0.2, 0) is 9.53 Å². The summed E-state index contributed by atoms with van der Waals surface area (Å²) in [6.07, 6.45) is 2.98. The zero-order chi connectivity index (χ0) is 9.68. The molecule has 66 valence electrons. The Morgan fingerprint density at radius 1 is 1.54 bits per heavy atom. The van der Waals surface area contributed by atoms with Crippen LogP contribution >= 0.6 is 0 Å². The second-order valence-electron chi connectivity index (χ2n) is 2.18. The molecule has 1 heterocycles. The van der Waals surface area contributed by atoms with Gasteiger partial charge in [-0.15, -0.1) is 0 Å². The first-order chi connectivity index (χ1) is 6.29. The lowest BCUT2D eigenvalue weighted by atomic mass is 10.2. The third-order valence-corrected chi connectivity index (χ3v) is 1.43. The highest BCUT2D eigenvalue weighted by molar-refractivity contribution is 6.40. The van der Waals surface area contributed by atoms with Crippen molar-refractivity contribution in [1.82, 2.24) is 4.98 Å². The standard InChI is InChI=1S/C8H7N3O2/c1-13-8(12)7(11-9)6-2-4-10-5-3-6/h2-5H,1H3. The lowest BCUT2D eigenvalue weighted by molar-refractivity contribution is -0.137. The number of carbonyl (C=O) groups is 1. The van der Waals surface area contributed by atoms with E-state index >= 15 is 0 Å². The van der Waals surface area contributed by atoms with Gasteiger partial charge in [0, 0.05) is 12.4 Å². The molecule has 0 aliphatic heterocycles. The molecule has 0 amide bonds. The highest BCUT2D eigenvalue weighted by Gasteiger charge is 2.22. The fraction of sp³-hybridized carbons (Fsp3) is 0.125. The summed E-state index contributed by atoms with van der Waals surface area (Å²) in [6.45, 7) is 0. The van der Waals surface area contributed by atoms with Crippen LogP contribution in [0.2, 0.25) is 0 Å². The molecule has 0 aliphatic carbocycles. The summed E-state index contributed by atoms with van der Waals surface area (Å²) in [6, 6.07) is 3.10. The predicted octanol–water partition coefficient (Wildman–Crippen LogP) is 0.274. The van der Waals surface area contributed by atoms with Crippen molar-refractivity contribution >= 4 is 11.7 Å². The van der Waals surface area contributed by atoms with Gasteiger partial charge in [0.25, 0.3) is 0 Å². The summed E-state index contributed by atoms with van der Waals surface area (Å²) in [5.41, 5.74) is 8.88. The van der Waals surface area contributed by atoms with E-state index in [1.54, 1.807) is 12.1 Å². The molecule has 0 saturated heterocycles. The van der Waals surface area contributed by atoms with E-state index in [-0.39, 0.29) is 5.71 Å². The largest absolute Gasteiger partial charge is 0.460 e. The van der Waals surface area contributed by atoms with E-state index in [2.05, 4.69) is 14.5 Å². The van der Waals surface area contributed by atoms with Gasteiger partial charge in [0.2, 0.25) is 0 Å². The molecule has 1 aromatic heterocycles. The molecule has 0 aromatic carbocycles. The molecule has 5 nitrogen and oxygen atoms in total. The smallest absolute Gasteiger partial charge is 0.422 e. The minimum absolute atomic E-state index is 0.134. The second-order valence-corrected chi connectivity index (χ2v) is 2.18. The first kappa shape index (κ1) is 9.09. The Kier molecular flexibility index (Phi) is 2.89. The minimum Gasteiger partial charge on any atom is -0.460 e. The number of hydrogen-bond acceptors (Lipinski definition) is 3. The predicted molar refractivity (Wildman–Crippen MR) is 44.0 cm³/mol. The maximum absolute atomic E-state index is 11.0. The third kappa shape index (κ3) is 1.98. The summed E-state index contributed by atoms with van der Waals surface area (Å²) in [5, 5.41) is 0. The van der Waals surface area contributed by atoms with Crippen LogP contribution in [0.25, 0.3) is 5.53 Å². The maximum Gasteiger partial charge on any atom is 0.422 e. The Morgan fingerprint density at radius 2 is 2.15 bits per heavy atom. The molecule has 0 saturated carbocycles. The van der Waals surface area contributed by atoms with Crippen molar-refractivity contribution in [2.75, 3.05) is 7.11 Å². The van der Waals surface area contributed by atoms with E-state index in [1.807, 2.05) is 0 Å². The van der Waals surface area contributed by atoms with Gasteiger partial charge in [0.05, 0.1) is 12.7 Å². The molecule has 0 aliphatic rings. The molecule has 0 bridgehead atoms. The quantitative estimate of drug-likeness (QED) is 0.281. The van der Waals surface area contributed by atoms with E-state index in [1.165, 1.54) is 19.5 Å². The number of esters is 1. The zero-order valence-electron chi connectivity index (χ0n) is 6.97. The molecule has 0 unspecified atom stereocenters. The van der Waals surface area contributed by atoms with E-state index in [9.17, 15) is 4.79 Å². The van der Waals surface area contributed by atoms with Crippen LogP contribution in [0.4, 0.5) is 0 Å². The van der Waals surface area contributed by atoms with Gasteiger partial charge in [0.1, 0.15) is 0 Å². The van der Waals surface area contributed by atoms with Gasteiger partial charge in [-0.25, -0.2) is 4.79 Å². The summed E-state index contributed by atoms with van der Waals surface area (Å²) in [5.74, 6) is -0.686. The molecular formula is C8H7N3O2. The topological polar surface area (TPSA) is 75.6 Å². The highest BCUT2D eigenvalue weighted by atomic mass is 16.5. The second kappa shape index (κ2) is 4.13. The summed E-state index contributed by atoms with van der Waals surface area (Å²) in [7, 11) is 1.22. The Labute approximate surface area is 74.6 Å². The van der Waals surface area contributed by atoms with E-state index < -0.39 is 5.97 Å². The molecule has 0 fully saturated rings. The lowest BCUT2D eigenvalue weighted by Gasteiger charge is -1.93. The first-order valence-corrected chi connectivity index (χ1v) is 3.50. The number of nitrogens with zero attached hydrogens (tertiary/aromatic N) is 3. The molecule has 0 radical (unpaired) electrons. The molecular weight excluding hydrogens is 170 g/mol. The number of hydrogen-bond donors (Lipinski definition) is 0. The van der Waals surface area contributed by atoms with Crippen LogP contribution in [0, 0.1) is 0 Å². The summed E-state index contributed by atoms with van der Waals surface area (Å²) < 4.78 is 4.41. The van der Waals surface area contributed by atoms with E-state index in [0.29, 0.717) is 5.56 Å². The number of methoxy groups -OCH3 is 1.